The molecule has 1 unspecified atom stereocenters. The summed E-state index contributed by atoms with van der Waals surface area (Å²) in [7, 11) is 0. The minimum absolute atomic E-state index is 0.125. The van der Waals surface area contributed by atoms with E-state index in [1.807, 2.05) is 17.8 Å². The smallest absolute Gasteiger partial charge is 0.379 e. The number of anilines is 1. The Kier molecular flexibility index (Phi) is 5.67. The number of nitrogens with two attached hydrogens (primary N) is 1. The number of hydrogen-bond acceptors (Lipinski definition) is 7. The van der Waals surface area contributed by atoms with E-state index in [1.165, 1.54) is 6.92 Å². The van der Waals surface area contributed by atoms with Crippen LogP contribution in [0.1, 0.15) is 26.5 Å². The van der Waals surface area contributed by atoms with Crippen LogP contribution in [0.3, 0.4) is 0 Å². The van der Waals surface area contributed by atoms with E-state index in [0.29, 0.717) is 31.1 Å². The molecule has 1 aromatic heterocycles. The Bertz CT molecular complexity index is 805. The third kappa shape index (κ3) is 4.90. The highest BCUT2D eigenvalue weighted by Crippen LogP contribution is 2.34. The SMILES string of the molecule is Cc1nn(CC(C)(C)N2CCOCC2)cc1NC1=NC(C)(N)C(C(F)(F)F)=CN1. The summed E-state index contributed by atoms with van der Waals surface area (Å²) in [6.07, 6.45) is -1.90. The molecule has 0 bridgehead atoms. The monoisotopic (exact) mass is 415 g/mol. The standard InChI is InChI=1S/C18H28F3N7O/c1-12-13(24-15-23-9-14(18(19,20)21)17(4,22)25-15)10-28(26-12)11-16(2,3)27-5-7-29-8-6-27/h9-10H,5-8,11,22H2,1-4H3,(H2,23,24,25). The predicted molar refractivity (Wildman–Crippen MR) is 104 cm³/mol. The highest BCUT2D eigenvalue weighted by atomic mass is 19.4. The van der Waals surface area contributed by atoms with Gasteiger partial charge in [0, 0.05) is 31.0 Å². The number of rotatable bonds is 4. The van der Waals surface area contributed by atoms with E-state index < -0.39 is 17.4 Å². The Morgan fingerprint density at radius 2 is 1.97 bits per heavy atom. The van der Waals surface area contributed by atoms with Crippen molar-refractivity contribution in [1.82, 2.24) is 20.0 Å². The fourth-order valence-corrected chi connectivity index (χ4v) is 3.56. The van der Waals surface area contributed by atoms with Gasteiger partial charge in [-0.3, -0.25) is 9.58 Å². The second kappa shape index (κ2) is 7.62. The predicted octanol–water partition coefficient (Wildman–Crippen LogP) is 1.79. The molecule has 3 heterocycles. The lowest BCUT2D eigenvalue weighted by Gasteiger charge is -2.40. The van der Waals surface area contributed by atoms with Gasteiger partial charge in [0.15, 0.2) is 0 Å². The number of alkyl halides is 3. The number of nitrogens with zero attached hydrogens (tertiary/aromatic N) is 4. The van der Waals surface area contributed by atoms with Crippen molar-refractivity contribution in [3.05, 3.63) is 23.7 Å². The second-order valence-electron chi connectivity index (χ2n) is 8.17. The van der Waals surface area contributed by atoms with Crippen molar-refractivity contribution >= 4 is 11.6 Å². The molecular formula is C18H28F3N7O. The van der Waals surface area contributed by atoms with E-state index in [0.717, 1.165) is 19.3 Å². The van der Waals surface area contributed by atoms with Crippen LogP contribution in [0.4, 0.5) is 18.9 Å². The van der Waals surface area contributed by atoms with Gasteiger partial charge in [-0.15, -0.1) is 0 Å². The van der Waals surface area contributed by atoms with Gasteiger partial charge in [0.1, 0.15) is 5.66 Å². The molecule has 0 saturated carbocycles. The van der Waals surface area contributed by atoms with Crippen molar-refractivity contribution in [2.45, 2.75) is 51.6 Å². The molecule has 0 amide bonds. The minimum atomic E-state index is -4.56. The Labute approximate surface area is 168 Å². The van der Waals surface area contributed by atoms with E-state index in [2.05, 4.69) is 39.5 Å². The molecule has 8 nitrogen and oxygen atoms in total. The maximum absolute atomic E-state index is 13.1. The van der Waals surface area contributed by atoms with E-state index in [9.17, 15) is 13.2 Å². The van der Waals surface area contributed by atoms with Crippen LogP contribution in [0.15, 0.2) is 23.0 Å². The molecule has 2 aliphatic rings. The number of aromatic nitrogens is 2. The largest absolute Gasteiger partial charge is 0.417 e. The molecular weight excluding hydrogens is 387 g/mol. The van der Waals surface area contributed by atoms with Crippen LogP contribution < -0.4 is 16.4 Å². The van der Waals surface area contributed by atoms with Gasteiger partial charge in [0.05, 0.1) is 36.7 Å². The zero-order chi connectivity index (χ0) is 21.4. The number of morpholine rings is 1. The molecule has 162 valence electrons. The summed E-state index contributed by atoms with van der Waals surface area (Å²) in [4.78, 5) is 6.34. The molecule has 0 aliphatic carbocycles. The van der Waals surface area contributed by atoms with Crippen molar-refractivity contribution in [1.29, 1.82) is 0 Å². The molecule has 0 aromatic carbocycles. The van der Waals surface area contributed by atoms with Crippen molar-refractivity contribution in [2.75, 3.05) is 31.6 Å². The van der Waals surface area contributed by atoms with E-state index >= 15 is 0 Å². The molecule has 2 aliphatic heterocycles. The van der Waals surface area contributed by atoms with Gasteiger partial charge in [-0.1, -0.05) is 0 Å². The average Bonchev–Trinajstić information content (AvgIpc) is 2.92. The third-order valence-electron chi connectivity index (χ3n) is 5.16. The molecule has 3 rings (SSSR count). The first-order chi connectivity index (χ1) is 13.4. The fourth-order valence-electron chi connectivity index (χ4n) is 3.56. The van der Waals surface area contributed by atoms with Crippen molar-refractivity contribution in [3.8, 4) is 0 Å². The number of halogens is 3. The highest BCUT2D eigenvalue weighted by Gasteiger charge is 2.45. The lowest BCUT2D eigenvalue weighted by Crippen LogP contribution is -2.52. The zero-order valence-corrected chi connectivity index (χ0v) is 17.1. The second-order valence-corrected chi connectivity index (χ2v) is 8.17. The maximum Gasteiger partial charge on any atom is 0.417 e. The topological polar surface area (TPSA) is 92.7 Å². The van der Waals surface area contributed by atoms with Crippen molar-refractivity contribution < 1.29 is 17.9 Å². The molecule has 11 heteroatoms. The first-order valence-electron chi connectivity index (χ1n) is 9.45. The van der Waals surface area contributed by atoms with Crippen LogP contribution in [0, 0.1) is 6.92 Å². The van der Waals surface area contributed by atoms with Gasteiger partial charge in [0.25, 0.3) is 0 Å². The summed E-state index contributed by atoms with van der Waals surface area (Å²) in [6.45, 7) is 11.2. The summed E-state index contributed by atoms with van der Waals surface area (Å²) in [5.74, 6) is 0.137. The van der Waals surface area contributed by atoms with E-state index in [4.69, 9.17) is 10.5 Å². The Hall–Kier alpha value is -2.11. The Morgan fingerprint density at radius 1 is 1.31 bits per heavy atom. The number of aryl methyl sites for hydroxylation is 1. The van der Waals surface area contributed by atoms with Crippen LogP contribution in [0.5, 0.6) is 0 Å². The van der Waals surface area contributed by atoms with Crippen LogP contribution in [0.2, 0.25) is 0 Å². The molecule has 0 spiro atoms. The number of ether oxygens (including phenoxy) is 1. The van der Waals surface area contributed by atoms with Crippen LogP contribution in [-0.2, 0) is 11.3 Å². The average molecular weight is 415 g/mol. The van der Waals surface area contributed by atoms with Gasteiger partial charge in [-0.05, 0) is 27.7 Å². The van der Waals surface area contributed by atoms with Gasteiger partial charge in [-0.2, -0.15) is 18.3 Å². The molecule has 0 radical (unpaired) electrons. The summed E-state index contributed by atoms with van der Waals surface area (Å²) in [5.41, 5.74) is 4.18. The third-order valence-corrected chi connectivity index (χ3v) is 5.16. The van der Waals surface area contributed by atoms with Gasteiger partial charge in [-0.25, -0.2) is 4.99 Å². The van der Waals surface area contributed by atoms with Crippen molar-refractivity contribution in [2.24, 2.45) is 10.7 Å². The summed E-state index contributed by atoms with van der Waals surface area (Å²) in [6, 6.07) is 0. The number of hydrogen-bond donors (Lipinski definition) is 3. The van der Waals surface area contributed by atoms with Crippen LogP contribution in [-0.4, -0.2) is 64.3 Å². The lowest BCUT2D eigenvalue weighted by molar-refractivity contribution is -0.100. The summed E-state index contributed by atoms with van der Waals surface area (Å²) in [5, 5.41) is 10.1. The normalized spacial score (nSPS) is 24.0. The fraction of sp³-hybridized carbons (Fsp3) is 0.667. The van der Waals surface area contributed by atoms with E-state index in [-0.39, 0.29) is 11.5 Å². The lowest BCUT2D eigenvalue weighted by atomic mass is 10.0. The first-order valence-corrected chi connectivity index (χ1v) is 9.45. The van der Waals surface area contributed by atoms with Crippen LogP contribution >= 0.6 is 0 Å². The first kappa shape index (κ1) is 21.6. The minimum Gasteiger partial charge on any atom is -0.379 e. The molecule has 4 N–H and O–H groups in total. The van der Waals surface area contributed by atoms with Gasteiger partial charge in [0.2, 0.25) is 5.96 Å². The summed E-state index contributed by atoms with van der Waals surface area (Å²) >= 11 is 0. The molecule has 1 aromatic rings. The van der Waals surface area contributed by atoms with Gasteiger partial charge < -0.3 is 21.1 Å². The highest BCUT2D eigenvalue weighted by molar-refractivity contribution is 5.95. The molecule has 1 fully saturated rings. The summed E-state index contributed by atoms with van der Waals surface area (Å²) < 4.78 is 46.4. The molecule has 29 heavy (non-hydrogen) atoms. The zero-order valence-electron chi connectivity index (χ0n) is 17.1. The van der Waals surface area contributed by atoms with Crippen LogP contribution in [0.25, 0.3) is 0 Å². The quantitative estimate of drug-likeness (QED) is 0.695. The number of nitrogens with one attached hydrogen (secondary N) is 2. The van der Waals surface area contributed by atoms with Crippen molar-refractivity contribution in [3.63, 3.8) is 0 Å². The Balaban J connectivity index is 1.71. The molecule has 1 saturated heterocycles. The molecule has 1 atom stereocenters. The number of aliphatic imine (C=N–C) groups is 1. The van der Waals surface area contributed by atoms with E-state index in [1.54, 1.807) is 0 Å². The van der Waals surface area contributed by atoms with Gasteiger partial charge >= 0.3 is 6.18 Å². The maximum atomic E-state index is 13.1. The number of guanidine groups is 1. The Morgan fingerprint density at radius 3 is 2.55 bits per heavy atom.